The lowest BCUT2D eigenvalue weighted by Crippen LogP contribution is -2.08. The molecule has 5 aromatic rings. The van der Waals surface area contributed by atoms with E-state index in [-0.39, 0.29) is 0 Å². The third kappa shape index (κ3) is 3.87. The van der Waals surface area contributed by atoms with Crippen molar-refractivity contribution in [2.45, 2.75) is 26.7 Å². The lowest BCUT2D eigenvalue weighted by Gasteiger charge is -2.22. The first kappa shape index (κ1) is 20.9. The lowest BCUT2D eigenvalue weighted by atomic mass is 9.93. The molecule has 0 atom stereocenters. The van der Waals surface area contributed by atoms with E-state index in [4.69, 9.17) is 10.2 Å². The van der Waals surface area contributed by atoms with Crippen molar-refractivity contribution in [1.29, 1.82) is 0 Å². The fourth-order valence-corrected chi connectivity index (χ4v) is 4.40. The van der Waals surface area contributed by atoms with E-state index >= 15 is 0 Å². The van der Waals surface area contributed by atoms with Crippen molar-refractivity contribution in [1.82, 2.24) is 14.8 Å². The zero-order valence-electron chi connectivity index (χ0n) is 19.2. The van der Waals surface area contributed by atoms with Gasteiger partial charge in [0.2, 0.25) is 0 Å². The fourth-order valence-electron chi connectivity index (χ4n) is 4.40. The van der Waals surface area contributed by atoms with Crippen LogP contribution in [0, 0.1) is 6.92 Å². The van der Waals surface area contributed by atoms with Crippen LogP contribution in [0.15, 0.2) is 103 Å². The van der Waals surface area contributed by atoms with Gasteiger partial charge in [-0.2, -0.15) is 0 Å². The van der Waals surface area contributed by atoms with Gasteiger partial charge in [0.25, 0.3) is 0 Å². The summed E-state index contributed by atoms with van der Waals surface area (Å²) in [6.07, 6.45) is 0. The summed E-state index contributed by atoms with van der Waals surface area (Å²) in [4.78, 5) is 0. The maximum atomic E-state index is 4.75. The quantitative estimate of drug-likeness (QED) is 0.286. The highest BCUT2D eigenvalue weighted by Gasteiger charge is 2.23. The highest BCUT2D eigenvalue weighted by atomic mass is 15.3. The minimum atomic E-state index is 0.333. The molecule has 3 nitrogen and oxygen atoms in total. The van der Waals surface area contributed by atoms with Gasteiger partial charge in [0.1, 0.15) is 0 Å². The second kappa shape index (κ2) is 8.87. The first-order valence-electron chi connectivity index (χ1n) is 11.4. The van der Waals surface area contributed by atoms with Gasteiger partial charge in [-0.05, 0) is 29.5 Å². The molecule has 0 aliphatic carbocycles. The summed E-state index contributed by atoms with van der Waals surface area (Å²) in [7, 11) is 0. The molecule has 0 saturated carbocycles. The van der Waals surface area contributed by atoms with Gasteiger partial charge in [0.15, 0.2) is 11.6 Å². The van der Waals surface area contributed by atoms with Crippen LogP contribution in [0.1, 0.15) is 30.9 Å². The predicted molar refractivity (Wildman–Crippen MR) is 136 cm³/mol. The number of hydrogen-bond acceptors (Lipinski definition) is 2. The Morgan fingerprint density at radius 3 is 1.82 bits per heavy atom. The molecule has 33 heavy (non-hydrogen) atoms. The first-order valence-corrected chi connectivity index (χ1v) is 11.4. The van der Waals surface area contributed by atoms with Crippen molar-refractivity contribution in [3.8, 4) is 39.6 Å². The third-order valence-electron chi connectivity index (χ3n) is 6.08. The van der Waals surface area contributed by atoms with Crippen LogP contribution in [0.25, 0.3) is 39.6 Å². The first-order chi connectivity index (χ1) is 16.1. The summed E-state index contributed by atoms with van der Waals surface area (Å²) in [6.45, 7) is 6.62. The summed E-state index contributed by atoms with van der Waals surface area (Å²) < 4.78 is 2.26. The Bertz CT molecular complexity index is 1380. The molecule has 0 bridgehead atoms. The number of aryl methyl sites for hydroxylation is 1. The maximum Gasteiger partial charge on any atom is 0.169 e. The van der Waals surface area contributed by atoms with E-state index in [1.807, 2.05) is 18.2 Å². The van der Waals surface area contributed by atoms with Crippen molar-refractivity contribution in [2.24, 2.45) is 0 Å². The van der Waals surface area contributed by atoms with Crippen LogP contribution < -0.4 is 0 Å². The van der Waals surface area contributed by atoms with Gasteiger partial charge in [-0.15, -0.1) is 10.2 Å². The summed E-state index contributed by atoms with van der Waals surface area (Å²) in [5, 5.41) is 9.48. The van der Waals surface area contributed by atoms with E-state index in [0.717, 1.165) is 28.5 Å². The van der Waals surface area contributed by atoms with Crippen LogP contribution in [0.3, 0.4) is 0 Å². The highest BCUT2D eigenvalue weighted by molar-refractivity contribution is 5.80. The molecular weight excluding hydrogens is 402 g/mol. The fraction of sp³-hybridized carbons (Fsp3) is 0.133. The second-order valence-corrected chi connectivity index (χ2v) is 8.63. The molecule has 162 valence electrons. The Morgan fingerprint density at radius 2 is 1.15 bits per heavy atom. The molecule has 0 amide bonds. The van der Waals surface area contributed by atoms with Crippen LogP contribution >= 0.6 is 0 Å². The van der Waals surface area contributed by atoms with E-state index in [2.05, 4.69) is 110 Å². The van der Waals surface area contributed by atoms with E-state index < -0.39 is 0 Å². The molecule has 0 spiro atoms. The lowest BCUT2D eigenvalue weighted by molar-refractivity contribution is 0.849. The molecule has 1 heterocycles. The van der Waals surface area contributed by atoms with E-state index in [9.17, 15) is 0 Å². The smallest absolute Gasteiger partial charge is 0.169 e. The number of hydrogen-bond donors (Lipinski definition) is 0. The van der Waals surface area contributed by atoms with Gasteiger partial charge in [-0.3, -0.25) is 4.57 Å². The van der Waals surface area contributed by atoms with Crippen LogP contribution in [0.5, 0.6) is 0 Å². The molecule has 0 aliphatic heterocycles. The van der Waals surface area contributed by atoms with Gasteiger partial charge in [0.05, 0.1) is 5.69 Å². The molecule has 0 radical (unpaired) electrons. The number of rotatable bonds is 5. The Kier molecular flexibility index (Phi) is 5.62. The standard InChI is InChI=1S/C30H27N3/c1-21(2)25-19-12-20-27(23-14-6-4-7-15-23)28(25)33-29(24-16-8-5-9-17-24)31-32-30(33)26-18-11-10-13-22(26)3/h4-21H,1-3H3. The van der Waals surface area contributed by atoms with E-state index in [1.165, 1.54) is 22.3 Å². The Hall–Kier alpha value is -3.98. The summed E-state index contributed by atoms with van der Waals surface area (Å²) in [5.41, 5.74) is 8.07. The topological polar surface area (TPSA) is 30.7 Å². The zero-order valence-corrected chi connectivity index (χ0v) is 19.2. The zero-order chi connectivity index (χ0) is 22.8. The van der Waals surface area contributed by atoms with Crippen molar-refractivity contribution < 1.29 is 0 Å². The molecule has 1 aromatic heterocycles. The molecule has 5 rings (SSSR count). The molecule has 0 aliphatic rings. The molecule has 3 heteroatoms. The number of para-hydroxylation sites is 1. The molecule has 0 N–H and O–H groups in total. The third-order valence-corrected chi connectivity index (χ3v) is 6.08. The minimum Gasteiger partial charge on any atom is -0.274 e. The van der Waals surface area contributed by atoms with Crippen molar-refractivity contribution in [3.63, 3.8) is 0 Å². The predicted octanol–water partition coefficient (Wildman–Crippen LogP) is 7.70. The summed E-state index contributed by atoms with van der Waals surface area (Å²) in [5.74, 6) is 2.04. The molecule has 0 unspecified atom stereocenters. The molecule has 0 fully saturated rings. The number of nitrogens with zero attached hydrogens (tertiary/aromatic N) is 3. The Morgan fingerprint density at radius 1 is 0.576 bits per heavy atom. The van der Waals surface area contributed by atoms with Crippen LogP contribution in [0.4, 0.5) is 0 Å². The summed E-state index contributed by atoms with van der Waals surface area (Å²) in [6, 6.07) is 35.9. The van der Waals surface area contributed by atoms with Crippen LogP contribution in [-0.4, -0.2) is 14.8 Å². The average Bonchev–Trinajstić information content (AvgIpc) is 3.29. The van der Waals surface area contributed by atoms with Gasteiger partial charge >= 0.3 is 0 Å². The maximum absolute atomic E-state index is 4.75. The van der Waals surface area contributed by atoms with Gasteiger partial charge in [-0.1, -0.05) is 117 Å². The van der Waals surface area contributed by atoms with Crippen LogP contribution in [0.2, 0.25) is 0 Å². The minimum absolute atomic E-state index is 0.333. The normalized spacial score (nSPS) is 11.2. The van der Waals surface area contributed by atoms with Gasteiger partial charge in [-0.25, -0.2) is 0 Å². The second-order valence-electron chi connectivity index (χ2n) is 8.63. The molecular formula is C30H27N3. The molecule has 4 aromatic carbocycles. The largest absolute Gasteiger partial charge is 0.274 e. The van der Waals surface area contributed by atoms with Crippen molar-refractivity contribution in [2.75, 3.05) is 0 Å². The Balaban J connectivity index is 1.90. The summed E-state index contributed by atoms with van der Waals surface area (Å²) >= 11 is 0. The van der Waals surface area contributed by atoms with Crippen molar-refractivity contribution in [3.05, 3.63) is 114 Å². The average molecular weight is 430 g/mol. The Labute approximate surface area is 195 Å². The van der Waals surface area contributed by atoms with E-state index in [0.29, 0.717) is 5.92 Å². The van der Waals surface area contributed by atoms with Gasteiger partial charge in [0, 0.05) is 16.7 Å². The SMILES string of the molecule is Cc1ccccc1-c1nnc(-c2ccccc2)n1-c1c(-c2ccccc2)cccc1C(C)C. The number of benzene rings is 4. The highest BCUT2D eigenvalue weighted by Crippen LogP contribution is 2.39. The van der Waals surface area contributed by atoms with Gasteiger partial charge < -0.3 is 0 Å². The van der Waals surface area contributed by atoms with Crippen LogP contribution in [-0.2, 0) is 0 Å². The van der Waals surface area contributed by atoms with E-state index in [1.54, 1.807) is 0 Å². The van der Waals surface area contributed by atoms with Crippen molar-refractivity contribution >= 4 is 0 Å². The molecule has 0 saturated heterocycles. The monoisotopic (exact) mass is 429 g/mol. The number of aromatic nitrogens is 3.